The minimum Gasteiger partial charge on any atom is -0.377 e. The van der Waals surface area contributed by atoms with Gasteiger partial charge < -0.3 is 14.2 Å². The van der Waals surface area contributed by atoms with Crippen molar-refractivity contribution in [2.75, 3.05) is 33.3 Å². The lowest BCUT2D eigenvalue weighted by atomic mass is 10.2. The third-order valence-corrected chi connectivity index (χ3v) is 3.68. The molecule has 0 unspecified atom stereocenters. The van der Waals surface area contributed by atoms with E-state index in [1.807, 2.05) is 6.20 Å². The summed E-state index contributed by atoms with van der Waals surface area (Å²) < 4.78 is 10.2. The van der Waals surface area contributed by atoms with Crippen molar-refractivity contribution < 1.29 is 9.26 Å². The second-order valence-corrected chi connectivity index (χ2v) is 5.31. The van der Waals surface area contributed by atoms with Gasteiger partial charge in [-0.15, -0.1) is 0 Å². The minimum atomic E-state index is 0.397. The Morgan fingerprint density at radius 2 is 2.00 bits per heavy atom. The first-order valence-electron chi connectivity index (χ1n) is 7.20. The molecule has 7 heteroatoms. The molecular weight excluding hydrogens is 270 g/mol. The zero-order valence-corrected chi connectivity index (χ0v) is 12.3. The molecule has 0 aliphatic carbocycles. The lowest BCUT2D eigenvalue weighted by Crippen LogP contribution is -2.45. The molecule has 2 aromatic rings. The smallest absolute Gasteiger partial charge is 0.240 e. The highest BCUT2D eigenvalue weighted by Gasteiger charge is 2.19. The van der Waals surface area contributed by atoms with Gasteiger partial charge >= 0.3 is 0 Å². The number of ether oxygens (including phenoxy) is 1. The zero-order chi connectivity index (χ0) is 14.5. The topological polar surface area (TPSA) is 70.4 Å². The number of hydrogen-bond acceptors (Lipinski definition) is 6. The van der Waals surface area contributed by atoms with Crippen LogP contribution in [0.2, 0.25) is 0 Å². The van der Waals surface area contributed by atoms with Crippen LogP contribution in [0.5, 0.6) is 0 Å². The average molecular weight is 291 g/mol. The van der Waals surface area contributed by atoms with Gasteiger partial charge in [0.05, 0.1) is 6.54 Å². The highest BCUT2D eigenvalue weighted by Crippen LogP contribution is 2.10. The van der Waals surface area contributed by atoms with Crippen LogP contribution in [0.3, 0.4) is 0 Å². The van der Waals surface area contributed by atoms with Crippen molar-refractivity contribution in [2.24, 2.45) is 0 Å². The molecule has 3 rings (SSSR count). The van der Waals surface area contributed by atoms with Crippen molar-refractivity contribution in [3.05, 3.63) is 35.7 Å². The molecule has 0 radical (unpaired) electrons. The molecule has 114 valence electrons. The number of hydrogen-bond donors (Lipinski definition) is 1. The molecule has 0 saturated carbocycles. The Bertz CT molecular complexity index is 531. The van der Waals surface area contributed by atoms with Crippen LogP contribution in [0.4, 0.5) is 0 Å². The first-order valence-corrected chi connectivity index (χ1v) is 7.20. The number of aromatic nitrogens is 3. The Kier molecular flexibility index (Phi) is 4.64. The second-order valence-electron chi connectivity index (χ2n) is 5.31. The van der Waals surface area contributed by atoms with Gasteiger partial charge in [0, 0.05) is 52.2 Å². The van der Waals surface area contributed by atoms with E-state index in [-0.39, 0.29) is 0 Å². The third-order valence-electron chi connectivity index (χ3n) is 3.68. The number of aromatic amines is 1. The van der Waals surface area contributed by atoms with E-state index in [1.165, 1.54) is 5.56 Å². The molecular formula is C14H21N5O2. The van der Waals surface area contributed by atoms with Crippen LogP contribution in [0.15, 0.2) is 23.0 Å². The predicted octanol–water partition coefficient (Wildman–Crippen LogP) is 0.862. The molecule has 1 aliphatic rings. The van der Waals surface area contributed by atoms with E-state index in [9.17, 15) is 0 Å². The van der Waals surface area contributed by atoms with Crippen molar-refractivity contribution in [2.45, 2.75) is 19.7 Å². The van der Waals surface area contributed by atoms with Gasteiger partial charge in [-0.25, -0.2) is 0 Å². The summed E-state index contributed by atoms with van der Waals surface area (Å²) in [6, 6.07) is 2.13. The average Bonchev–Trinajstić information content (AvgIpc) is 3.14. The molecule has 1 saturated heterocycles. The Hall–Kier alpha value is -1.70. The third kappa shape index (κ3) is 3.90. The fraction of sp³-hybridized carbons (Fsp3) is 0.571. The molecule has 3 heterocycles. The predicted molar refractivity (Wildman–Crippen MR) is 76.4 cm³/mol. The summed E-state index contributed by atoms with van der Waals surface area (Å²) in [7, 11) is 1.62. The summed E-state index contributed by atoms with van der Waals surface area (Å²) in [5.74, 6) is 1.28. The molecule has 1 fully saturated rings. The van der Waals surface area contributed by atoms with Crippen LogP contribution in [-0.4, -0.2) is 58.2 Å². The van der Waals surface area contributed by atoms with Gasteiger partial charge in [-0.3, -0.25) is 9.80 Å². The molecule has 0 spiro atoms. The summed E-state index contributed by atoms with van der Waals surface area (Å²) in [6.45, 7) is 6.28. The Morgan fingerprint density at radius 3 is 2.67 bits per heavy atom. The van der Waals surface area contributed by atoms with Crippen LogP contribution in [0.25, 0.3) is 0 Å². The summed E-state index contributed by atoms with van der Waals surface area (Å²) in [5.41, 5.74) is 1.34. The lowest BCUT2D eigenvalue weighted by molar-refractivity contribution is 0.112. The number of rotatable bonds is 6. The number of nitrogens with one attached hydrogen (secondary N) is 1. The van der Waals surface area contributed by atoms with Gasteiger partial charge in [-0.2, -0.15) is 4.98 Å². The summed E-state index contributed by atoms with van der Waals surface area (Å²) >= 11 is 0. The molecule has 0 aromatic carbocycles. The molecule has 0 amide bonds. The van der Waals surface area contributed by atoms with Crippen molar-refractivity contribution >= 4 is 0 Å². The second kappa shape index (κ2) is 6.84. The molecule has 1 aliphatic heterocycles. The van der Waals surface area contributed by atoms with Gasteiger partial charge in [-0.05, 0) is 11.6 Å². The summed E-state index contributed by atoms with van der Waals surface area (Å²) in [4.78, 5) is 12.2. The van der Waals surface area contributed by atoms with E-state index in [0.29, 0.717) is 24.9 Å². The van der Waals surface area contributed by atoms with Crippen LogP contribution < -0.4 is 0 Å². The fourth-order valence-electron chi connectivity index (χ4n) is 2.55. The van der Waals surface area contributed by atoms with Crippen molar-refractivity contribution in [1.29, 1.82) is 0 Å². The maximum absolute atomic E-state index is 5.23. The largest absolute Gasteiger partial charge is 0.377 e. The lowest BCUT2D eigenvalue weighted by Gasteiger charge is -2.33. The highest BCUT2D eigenvalue weighted by atomic mass is 16.5. The standard InChI is InChI=1S/C14H21N5O2/c1-20-11-13-16-14(21-17-13)10-19-6-4-18(5-7-19)9-12-2-3-15-8-12/h2-3,8,15H,4-7,9-11H2,1H3. The molecule has 0 bridgehead atoms. The minimum absolute atomic E-state index is 0.397. The first-order chi connectivity index (χ1) is 10.3. The van der Waals surface area contributed by atoms with Crippen LogP contribution in [0, 0.1) is 0 Å². The van der Waals surface area contributed by atoms with Crippen molar-refractivity contribution in [3.8, 4) is 0 Å². The molecule has 1 N–H and O–H groups in total. The maximum atomic E-state index is 5.23. The van der Waals surface area contributed by atoms with Crippen molar-refractivity contribution in [1.82, 2.24) is 24.9 Å². The van der Waals surface area contributed by atoms with Gasteiger partial charge in [0.25, 0.3) is 0 Å². The monoisotopic (exact) mass is 291 g/mol. The Labute approximate surface area is 123 Å². The Morgan fingerprint density at radius 1 is 1.24 bits per heavy atom. The van der Waals surface area contributed by atoms with E-state index in [0.717, 1.165) is 32.7 Å². The van der Waals surface area contributed by atoms with Gasteiger partial charge in [0.2, 0.25) is 5.89 Å². The maximum Gasteiger partial charge on any atom is 0.240 e. The quantitative estimate of drug-likeness (QED) is 0.851. The molecule has 0 atom stereocenters. The zero-order valence-electron chi connectivity index (χ0n) is 12.3. The summed E-state index contributed by atoms with van der Waals surface area (Å²) in [5, 5.41) is 3.88. The van der Waals surface area contributed by atoms with Crippen molar-refractivity contribution in [3.63, 3.8) is 0 Å². The van der Waals surface area contributed by atoms with E-state index in [2.05, 4.69) is 37.2 Å². The van der Waals surface area contributed by atoms with Crippen LogP contribution in [-0.2, 0) is 24.4 Å². The van der Waals surface area contributed by atoms with Gasteiger partial charge in [0.15, 0.2) is 5.82 Å². The van der Waals surface area contributed by atoms with Gasteiger partial charge in [0.1, 0.15) is 6.61 Å². The van der Waals surface area contributed by atoms with Crippen LogP contribution >= 0.6 is 0 Å². The Balaban J connectivity index is 1.44. The fourth-order valence-corrected chi connectivity index (χ4v) is 2.55. The number of nitrogens with zero attached hydrogens (tertiary/aromatic N) is 4. The number of H-pyrrole nitrogens is 1. The molecule has 2 aromatic heterocycles. The first kappa shape index (κ1) is 14.2. The van der Waals surface area contributed by atoms with Crippen LogP contribution in [0.1, 0.15) is 17.3 Å². The summed E-state index contributed by atoms with van der Waals surface area (Å²) in [6.07, 6.45) is 4.03. The van der Waals surface area contributed by atoms with E-state index < -0.39 is 0 Å². The van der Waals surface area contributed by atoms with E-state index >= 15 is 0 Å². The van der Waals surface area contributed by atoms with Gasteiger partial charge in [-0.1, -0.05) is 5.16 Å². The molecule has 7 nitrogen and oxygen atoms in total. The van der Waals surface area contributed by atoms with E-state index in [1.54, 1.807) is 7.11 Å². The normalized spacial score (nSPS) is 17.4. The SMILES string of the molecule is COCc1noc(CN2CCN(Cc3cc[nH]c3)CC2)n1. The highest BCUT2D eigenvalue weighted by molar-refractivity contribution is 5.08. The number of piperazine rings is 1. The molecule has 21 heavy (non-hydrogen) atoms. The van der Waals surface area contributed by atoms with E-state index in [4.69, 9.17) is 9.26 Å². The number of methoxy groups -OCH3 is 1.